The number of hydrogen-bond acceptors (Lipinski definition) is 5. The fraction of sp³-hybridized carbons (Fsp3) is 0.421. The number of amides is 1. The minimum absolute atomic E-state index is 0.0679. The SMILES string of the molecule is CNc1nc(Cl)cc(N2CC(C(=O)NCc3ccccc3)CCC2C)n1. The lowest BCUT2D eigenvalue weighted by atomic mass is 9.92. The Morgan fingerprint density at radius 3 is 2.77 bits per heavy atom. The van der Waals surface area contributed by atoms with Crippen molar-refractivity contribution in [3.8, 4) is 0 Å². The number of aromatic nitrogens is 2. The number of nitrogens with zero attached hydrogens (tertiary/aromatic N) is 3. The maximum Gasteiger partial charge on any atom is 0.225 e. The summed E-state index contributed by atoms with van der Waals surface area (Å²) in [7, 11) is 1.76. The molecule has 3 rings (SSSR count). The molecule has 1 saturated heterocycles. The van der Waals surface area contributed by atoms with Crippen LogP contribution in [0.1, 0.15) is 25.3 Å². The Bertz CT molecular complexity index is 755. The third-order valence-corrected chi connectivity index (χ3v) is 4.96. The summed E-state index contributed by atoms with van der Waals surface area (Å²) in [4.78, 5) is 23.4. The average molecular weight is 374 g/mol. The summed E-state index contributed by atoms with van der Waals surface area (Å²) in [5.74, 6) is 1.25. The van der Waals surface area contributed by atoms with Crippen molar-refractivity contribution in [1.82, 2.24) is 15.3 Å². The van der Waals surface area contributed by atoms with E-state index < -0.39 is 0 Å². The van der Waals surface area contributed by atoms with Gasteiger partial charge >= 0.3 is 0 Å². The van der Waals surface area contributed by atoms with E-state index in [1.807, 2.05) is 30.3 Å². The summed E-state index contributed by atoms with van der Waals surface area (Å²) < 4.78 is 0. The van der Waals surface area contributed by atoms with Crippen LogP contribution in [0.15, 0.2) is 36.4 Å². The maximum atomic E-state index is 12.6. The Kier molecular flexibility index (Phi) is 5.93. The van der Waals surface area contributed by atoms with Crippen LogP contribution < -0.4 is 15.5 Å². The van der Waals surface area contributed by atoms with E-state index in [-0.39, 0.29) is 11.8 Å². The van der Waals surface area contributed by atoms with E-state index in [1.54, 1.807) is 13.1 Å². The summed E-state index contributed by atoms with van der Waals surface area (Å²) in [6, 6.07) is 12.0. The van der Waals surface area contributed by atoms with Crippen molar-refractivity contribution in [2.24, 2.45) is 5.92 Å². The van der Waals surface area contributed by atoms with Crippen LogP contribution in [0.25, 0.3) is 0 Å². The van der Waals surface area contributed by atoms with Crippen molar-refractivity contribution >= 4 is 29.3 Å². The molecule has 0 spiro atoms. The highest BCUT2D eigenvalue weighted by molar-refractivity contribution is 6.29. The summed E-state index contributed by atoms with van der Waals surface area (Å²) >= 11 is 6.12. The third-order valence-electron chi connectivity index (χ3n) is 4.76. The Morgan fingerprint density at radius 1 is 1.27 bits per heavy atom. The van der Waals surface area contributed by atoms with Crippen LogP contribution in [0.3, 0.4) is 0 Å². The molecule has 2 heterocycles. The smallest absolute Gasteiger partial charge is 0.225 e. The fourth-order valence-electron chi connectivity index (χ4n) is 3.23. The van der Waals surface area contributed by atoms with E-state index in [0.717, 1.165) is 24.2 Å². The van der Waals surface area contributed by atoms with Crippen molar-refractivity contribution in [2.45, 2.75) is 32.4 Å². The van der Waals surface area contributed by atoms with Crippen LogP contribution >= 0.6 is 11.6 Å². The Hall–Kier alpha value is -2.34. The zero-order valence-electron chi connectivity index (χ0n) is 15.1. The van der Waals surface area contributed by atoms with Crippen LogP contribution in [0.5, 0.6) is 0 Å². The van der Waals surface area contributed by atoms with E-state index in [0.29, 0.717) is 30.2 Å². The van der Waals surface area contributed by atoms with Crippen molar-refractivity contribution in [1.29, 1.82) is 0 Å². The molecule has 0 saturated carbocycles. The third kappa shape index (κ3) is 4.43. The van der Waals surface area contributed by atoms with Crippen molar-refractivity contribution < 1.29 is 4.79 Å². The molecule has 1 aromatic heterocycles. The normalized spacial score (nSPS) is 19.9. The lowest BCUT2D eigenvalue weighted by Crippen LogP contribution is -2.47. The highest BCUT2D eigenvalue weighted by Crippen LogP contribution is 2.28. The molecule has 0 bridgehead atoms. The average Bonchev–Trinajstić information content (AvgIpc) is 2.66. The van der Waals surface area contributed by atoms with Gasteiger partial charge in [-0.2, -0.15) is 4.98 Å². The summed E-state index contributed by atoms with van der Waals surface area (Å²) in [6.07, 6.45) is 1.80. The quantitative estimate of drug-likeness (QED) is 0.788. The molecule has 1 aliphatic heterocycles. The van der Waals surface area contributed by atoms with Gasteiger partial charge in [-0.1, -0.05) is 41.9 Å². The molecule has 2 aromatic rings. The molecular formula is C19H24ClN5O. The van der Waals surface area contributed by atoms with E-state index in [1.165, 1.54) is 0 Å². The first-order valence-electron chi connectivity index (χ1n) is 8.87. The van der Waals surface area contributed by atoms with Crippen LogP contribution in [-0.4, -0.2) is 35.5 Å². The standard InChI is InChI=1S/C19H24ClN5O/c1-13-8-9-15(18(26)22-11-14-6-4-3-5-7-14)12-25(13)17-10-16(20)23-19(21-2)24-17/h3-7,10,13,15H,8-9,11-12H2,1-2H3,(H,22,26)(H,21,23,24). The second kappa shape index (κ2) is 8.36. The van der Waals surface area contributed by atoms with Crippen molar-refractivity contribution in [3.05, 3.63) is 47.1 Å². The van der Waals surface area contributed by atoms with Gasteiger partial charge in [-0.25, -0.2) is 4.98 Å². The minimum atomic E-state index is -0.0679. The lowest BCUT2D eigenvalue weighted by Gasteiger charge is -2.38. The predicted molar refractivity (Wildman–Crippen MR) is 104 cm³/mol. The van der Waals surface area contributed by atoms with Gasteiger partial charge in [0.25, 0.3) is 0 Å². The van der Waals surface area contributed by atoms with Gasteiger partial charge in [0.2, 0.25) is 11.9 Å². The zero-order chi connectivity index (χ0) is 18.5. The van der Waals surface area contributed by atoms with Gasteiger partial charge in [0.05, 0.1) is 5.92 Å². The fourth-order valence-corrected chi connectivity index (χ4v) is 3.41. The Morgan fingerprint density at radius 2 is 2.04 bits per heavy atom. The predicted octanol–water partition coefficient (Wildman–Crippen LogP) is 3.09. The van der Waals surface area contributed by atoms with Gasteiger partial charge in [-0.3, -0.25) is 4.79 Å². The maximum absolute atomic E-state index is 12.6. The number of halogens is 1. The minimum Gasteiger partial charge on any atom is -0.357 e. The first kappa shape index (κ1) is 18.5. The Labute approximate surface area is 159 Å². The van der Waals surface area contributed by atoms with E-state index in [9.17, 15) is 4.79 Å². The molecule has 2 atom stereocenters. The van der Waals surface area contributed by atoms with Crippen LogP contribution in [0, 0.1) is 5.92 Å². The number of anilines is 2. The Balaban J connectivity index is 1.67. The van der Waals surface area contributed by atoms with Crippen molar-refractivity contribution in [3.63, 3.8) is 0 Å². The molecule has 0 radical (unpaired) electrons. The van der Waals surface area contributed by atoms with Gasteiger partial charge in [-0.15, -0.1) is 0 Å². The molecule has 1 aliphatic rings. The van der Waals surface area contributed by atoms with Gasteiger partial charge in [0, 0.05) is 32.2 Å². The van der Waals surface area contributed by atoms with Gasteiger partial charge in [0.15, 0.2) is 0 Å². The first-order chi connectivity index (χ1) is 12.6. The zero-order valence-corrected chi connectivity index (χ0v) is 15.8. The van der Waals surface area contributed by atoms with Gasteiger partial charge in [-0.05, 0) is 25.3 Å². The van der Waals surface area contributed by atoms with Crippen LogP contribution in [-0.2, 0) is 11.3 Å². The molecule has 138 valence electrons. The summed E-state index contributed by atoms with van der Waals surface area (Å²) in [6.45, 7) is 3.32. The second-order valence-corrected chi connectivity index (χ2v) is 6.99. The molecule has 1 amide bonds. The highest BCUT2D eigenvalue weighted by atomic mass is 35.5. The summed E-state index contributed by atoms with van der Waals surface area (Å²) in [5.41, 5.74) is 1.10. The number of rotatable bonds is 5. The number of carbonyl (C=O) groups excluding carboxylic acids is 1. The van der Waals surface area contributed by atoms with E-state index in [2.05, 4.69) is 32.4 Å². The molecule has 2 unspecified atom stereocenters. The molecular weight excluding hydrogens is 350 g/mol. The van der Waals surface area contributed by atoms with Gasteiger partial charge < -0.3 is 15.5 Å². The molecule has 6 nitrogen and oxygen atoms in total. The monoisotopic (exact) mass is 373 g/mol. The number of benzene rings is 1. The van der Waals surface area contributed by atoms with Crippen molar-refractivity contribution in [2.75, 3.05) is 23.8 Å². The molecule has 26 heavy (non-hydrogen) atoms. The lowest BCUT2D eigenvalue weighted by molar-refractivity contribution is -0.125. The number of piperidine rings is 1. The molecule has 2 N–H and O–H groups in total. The highest BCUT2D eigenvalue weighted by Gasteiger charge is 2.31. The van der Waals surface area contributed by atoms with Crippen LogP contribution in [0.4, 0.5) is 11.8 Å². The molecule has 7 heteroatoms. The first-order valence-corrected chi connectivity index (χ1v) is 9.25. The molecule has 0 aliphatic carbocycles. The molecule has 1 fully saturated rings. The number of hydrogen-bond donors (Lipinski definition) is 2. The molecule has 1 aromatic carbocycles. The van der Waals surface area contributed by atoms with Gasteiger partial charge in [0.1, 0.15) is 11.0 Å². The number of carbonyl (C=O) groups is 1. The van der Waals surface area contributed by atoms with E-state index in [4.69, 9.17) is 11.6 Å². The van der Waals surface area contributed by atoms with Crippen LogP contribution in [0.2, 0.25) is 5.15 Å². The largest absolute Gasteiger partial charge is 0.357 e. The summed E-state index contributed by atoms with van der Waals surface area (Å²) in [5, 5.41) is 6.37. The second-order valence-electron chi connectivity index (χ2n) is 6.60. The van der Waals surface area contributed by atoms with E-state index >= 15 is 0 Å². The number of nitrogens with one attached hydrogen (secondary N) is 2. The topological polar surface area (TPSA) is 70.2 Å².